The molecule has 2 saturated heterocycles. The molecule has 0 atom stereocenters. The Balaban J connectivity index is 1.36. The summed E-state index contributed by atoms with van der Waals surface area (Å²) in [5, 5.41) is 0. The molecule has 3 aliphatic rings. The molecule has 0 N–H and O–H groups in total. The quantitative estimate of drug-likeness (QED) is 0.567. The van der Waals surface area contributed by atoms with E-state index in [4.69, 9.17) is 9.47 Å². The van der Waals surface area contributed by atoms with E-state index in [2.05, 4.69) is 9.97 Å². The van der Waals surface area contributed by atoms with E-state index in [1.807, 2.05) is 42.0 Å². The van der Waals surface area contributed by atoms with Gasteiger partial charge in [-0.15, -0.1) is 0 Å². The van der Waals surface area contributed by atoms with Crippen molar-refractivity contribution in [2.75, 3.05) is 59.6 Å². The number of aromatic nitrogens is 2. The number of benzene rings is 1. The maximum Gasteiger partial charge on any atom is 0.274 e. The number of fused-ring (bicyclic) bond motifs is 2. The maximum absolute atomic E-state index is 13.4. The molecule has 0 aliphatic carbocycles. The van der Waals surface area contributed by atoms with Crippen LogP contribution in [0.2, 0.25) is 0 Å². The van der Waals surface area contributed by atoms with Crippen molar-refractivity contribution in [3.05, 3.63) is 54.1 Å². The Bertz CT molecular complexity index is 1210. The summed E-state index contributed by atoms with van der Waals surface area (Å²) in [7, 11) is 1.85. The molecular formula is C30H39N5O5. The van der Waals surface area contributed by atoms with Gasteiger partial charge in [-0.25, -0.2) is 4.98 Å². The van der Waals surface area contributed by atoms with Crippen LogP contribution in [0.25, 0.3) is 0 Å². The van der Waals surface area contributed by atoms with Crippen molar-refractivity contribution in [1.82, 2.24) is 24.7 Å². The minimum absolute atomic E-state index is 0.0446. The van der Waals surface area contributed by atoms with E-state index in [0.717, 1.165) is 25.7 Å². The lowest BCUT2D eigenvalue weighted by atomic mass is 9.73. The second-order valence-corrected chi connectivity index (χ2v) is 11.7. The van der Waals surface area contributed by atoms with Gasteiger partial charge in [-0.1, -0.05) is 6.07 Å². The van der Waals surface area contributed by atoms with Crippen LogP contribution >= 0.6 is 0 Å². The third-order valence-electron chi connectivity index (χ3n) is 8.51. The predicted molar refractivity (Wildman–Crippen MR) is 148 cm³/mol. The number of hydrogen-bond donors (Lipinski definition) is 0. The first-order chi connectivity index (χ1) is 19.3. The molecule has 1 spiro atoms. The van der Waals surface area contributed by atoms with Crippen LogP contribution in [-0.4, -0.2) is 102 Å². The number of hydrogen-bond acceptors (Lipinski definition) is 7. The number of rotatable bonds is 2. The van der Waals surface area contributed by atoms with Gasteiger partial charge in [-0.2, -0.15) is 0 Å². The van der Waals surface area contributed by atoms with Crippen LogP contribution in [0.4, 0.5) is 0 Å². The van der Waals surface area contributed by atoms with Crippen LogP contribution in [0.15, 0.2) is 42.9 Å². The van der Waals surface area contributed by atoms with Gasteiger partial charge in [0.05, 0.1) is 31.4 Å². The lowest BCUT2D eigenvalue weighted by Gasteiger charge is -2.47. The molecule has 2 aromatic rings. The van der Waals surface area contributed by atoms with Gasteiger partial charge in [0.2, 0.25) is 5.91 Å². The van der Waals surface area contributed by atoms with Crippen molar-refractivity contribution in [2.24, 2.45) is 10.8 Å². The Morgan fingerprint density at radius 1 is 0.975 bits per heavy atom. The number of carbonyl (C=O) groups excluding carboxylic acids is 3. The molecule has 40 heavy (non-hydrogen) atoms. The van der Waals surface area contributed by atoms with E-state index < -0.39 is 5.41 Å². The minimum atomic E-state index is -0.423. The monoisotopic (exact) mass is 549 g/mol. The van der Waals surface area contributed by atoms with Gasteiger partial charge in [0.25, 0.3) is 11.8 Å². The van der Waals surface area contributed by atoms with Crippen molar-refractivity contribution in [3.63, 3.8) is 0 Å². The van der Waals surface area contributed by atoms with Gasteiger partial charge in [0, 0.05) is 57.7 Å². The zero-order valence-corrected chi connectivity index (χ0v) is 23.5. The van der Waals surface area contributed by atoms with Crippen molar-refractivity contribution in [1.29, 1.82) is 0 Å². The first-order valence-electron chi connectivity index (χ1n) is 14.2. The molecule has 1 aromatic heterocycles. The molecule has 5 rings (SSSR count). The minimum Gasteiger partial charge on any atom is -0.494 e. The Kier molecular flexibility index (Phi) is 8.35. The van der Waals surface area contributed by atoms with Crippen molar-refractivity contribution in [3.8, 4) is 5.75 Å². The van der Waals surface area contributed by atoms with Crippen LogP contribution in [0.3, 0.4) is 0 Å². The second-order valence-electron chi connectivity index (χ2n) is 11.7. The lowest BCUT2D eigenvalue weighted by molar-refractivity contribution is -0.171. The molecule has 0 unspecified atom stereocenters. The molecule has 3 aliphatic heterocycles. The summed E-state index contributed by atoms with van der Waals surface area (Å²) in [6.07, 6.45) is 8.46. The van der Waals surface area contributed by atoms with E-state index in [0.29, 0.717) is 76.0 Å². The van der Waals surface area contributed by atoms with E-state index in [-0.39, 0.29) is 23.1 Å². The predicted octanol–water partition coefficient (Wildman–Crippen LogP) is 2.90. The summed E-state index contributed by atoms with van der Waals surface area (Å²) >= 11 is 0. The fourth-order valence-corrected chi connectivity index (χ4v) is 6.08. The Morgan fingerprint density at radius 3 is 2.45 bits per heavy atom. The van der Waals surface area contributed by atoms with Crippen LogP contribution < -0.4 is 4.74 Å². The number of ether oxygens (including phenoxy) is 2. The number of likely N-dealkylation sites (tertiary alicyclic amines) is 1. The average Bonchev–Trinajstić information content (AvgIpc) is 2.96. The number of piperidine rings is 1. The molecule has 1 aromatic carbocycles. The molecule has 4 heterocycles. The summed E-state index contributed by atoms with van der Waals surface area (Å²) in [4.78, 5) is 53.8. The van der Waals surface area contributed by atoms with Crippen LogP contribution in [0.1, 0.15) is 59.9 Å². The Hall–Kier alpha value is -3.53. The molecule has 3 amide bonds. The molecule has 0 radical (unpaired) electrons. The highest BCUT2D eigenvalue weighted by Gasteiger charge is 2.46. The second kappa shape index (κ2) is 11.9. The van der Waals surface area contributed by atoms with Crippen molar-refractivity contribution in [2.45, 2.75) is 39.0 Å². The maximum atomic E-state index is 13.4. The first-order valence-corrected chi connectivity index (χ1v) is 14.2. The summed E-state index contributed by atoms with van der Waals surface area (Å²) < 4.78 is 11.3. The Labute approximate surface area is 235 Å². The summed E-state index contributed by atoms with van der Waals surface area (Å²) in [6, 6.07) is 7.29. The van der Waals surface area contributed by atoms with E-state index in [9.17, 15) is 14.4 Å². The highest BCUT2D eigenvalue weighted by Crippen LogP contribution is 2.39. The highest BCUT2D eigenvalue weighted by atomic mass is 16.5. The largest absolute Gasteiger partial charge is 0.494 e. The third kappa shape index (κ3) is 6.11. The number of nitrogens with zero attached hydrogens (tertiary/aromatic N) is 5. The molecular weight excluding hydrogens is 510 g/mol. The highest BCUT2D eigenvalue weighted by molar-refractivity contribution is 5.94. The number of amides is 3. The first kappa shape index (κ1) is 28.0. The molecule has 10 heteroatoms. The van der Waals surface area contributed by atoms with Crippen molar-refractivity contribution >= 4 is 17.7 Å². The van der Waals surface area contributed by atoms with E-state index >= 15 is 0 Å². The smallest absolute Gasteiger partial charge is 0.274 e. The van der Waals surface area contributed by atoms with Gasteiger partial charge in [0.1, 0.15) is 11.4 Å². The zero-order chi connectivity index (χ0) is 28.2. The number of carbonyl (C=O) groups is 3. The molecule has 10 nitrogen and oxygen atoms in total. The summed E-state index contributed by atoms with van der Waals surface area (Å²) in [5.41, 5.74) is 0.338. The van der Waals surface area contributed by atoms with Crippen LogP contribution in [0, 0.1) is 10.8 Å². The van der Waals surface area contributed by atoms with E-state index in [1.54, 1.807) is 17.2 Å². The Morgan fingerprint density at radius 2 is 1.75 bits per heavy atom. The summed E-state index contributed by atoms with van der Waals surface area (Å²) in [5.74, 6) is 0.609. The third-order valence-corrected chi connectivity index (χ3v) is 8.51. The fourth-order valence-electron chi connectivity index (χ4n) is 6.08. The zero-order valence-electron chi connectivity index (χ0n) is 23.5. The molecule has 2 fully saturated rings. The van der Waals surface area contributed by atoms with Crippen molar-refractivity contribution < 1.29 is 23.9 Å². The average molecular weight is 550 g/mol. The van der Waals surface area contributed by atoms with E-state index in [1.165, 1.54) is 12.4 Å². The molecule has 214 valence electrons. The lowest BCUT2D eigenvalue weighted by Crippen LogP contribution is -2.56. The van der Waals surface area contributed by atoms with Crippen LogP contribution in [-0.2, 0) is 9.53 Å². The standard InChI is InChI=1S/C30H39N5O5/c1-29(21-39-22-29)28(38)35-15-9-30(10-16-35)8-4-13-34(27(37)25-19-31-11-12-32-25)14-5-17-40-24-7-3-6-23(18-24)26(36)33(2)20-30/h3,6-7,11-12,18-19H,4-5,8-10,13-17,20-22H2,1-2H3. The van der Waals surface area contributed by atoms with Crippen LogP contribution in [0.5, 0.6) is 5.75 Å². The summed E-state index contributed by atoms with van der Waals surface area (Å²) in [6.45, 7) is 6.34. The SMILES string of the molecule is CN1CC2(CCCN(C(=O)c3cnccn3)CCCOc3cccc(c3)C1=O)CCN(C(=O)C1(C)COC1)CC2. The normalized spacial score (nSPS) is 21.6. The fraction of sp³-hybridized carbons (Fsp3) is 0.567. The van der Waals surface area contributed by atoms with Gasteiger partial charge in [0.15, 0.2) is 0 Å². The molecule has 0 saturated carbocycles. The topological polar surface area (TPSA) is 105 Å². The van der Waals surface area contributed by atoms with Gasteiger partial charge < -0.3 is 24.2 Å². The van der Waals surface area contributed by atoms with Gasteiger partial charge in [-0.3, -0.25) is 19.4 Å². The molecule has 2 bridgehead atoms. The van der Waals surface area contributed by atoms with Gasteiger partial charge in [-0.05, 0) is 62.6 Å². The van der Waals surface area contributed by atoms with Gasteiger partial charge >= 0.3 is 0 Å².